The molecule has 0 spiro atoms. The molecule has 1 aromatic carbocycles. The predicted molar refractivity (Wildman–Crippen MR) is 78.8 cm³/mol. The third-order valence-electron chi connectivity index (χ3n) is 3.07. The number of rotatable bonds is 4. The van der Waals surface area contributed by atoms with Crippen LogP contribution in [0.3, 0.4) is 0 Å². The van der Waals surface area contributed by atoms with E-state index in [9.17, 15) is 0 Å². The largest absolute Gasteiger partial charge is 0.488 e. The molecule has 2 rings (SSSR count). The average molecular weight is 256 g/mol. The van der Waals surface area contributed by atoms with Crippen molar-refractivity contribution in [3.05, 3.63) is 52.7 Å². The van der Waals surface area contributed by atoms with E-state index in [4.69, 9.17) is 4.74 Å². The monoisotopic (exact) mass is 256 g/mol. The maximum absolute atomic E-state index is 5.92. The van der Waals surface area contributed by atoms with Gasteiger partial charge in [-0.3, -0.25) is 0 Å². The molecule has 0 amide bonds. The van der Waals surface area contributed by atoms with E-state index < -0.39 is 0 Å². The third kappa shape index (κ3) is 3.25. The number of benzene rings is 1. The summed E-state index contributed by atoms with van der Waals surface area (Å²) >= 11 is 0. The summed E-state index contributed by atoms with van der Waals surface area (Å²) in [6.07, 6.45) is 1.84. The molecule has 0 atom stereocenters. The van der Waals surface area contributed by atoms with Crippen molar-refractivity contribution in [3.8, 4) is 5.75 Å². The molecule has 0 saturated heterocycles. The van der Waals surface area contributed by atoms with E-state index in [0.29, 0.717) is 6.61 Å². The van der Waals surface area contributed by atoms with Crippen molar-refractivity contribution in [2.24, 2.45) is 0 Å². The fourth-order valence-corrected chi connectivity index (χ4v) is 2.21. The van der Waals surface area contributed by atoms with Gasteiger partial charge in [0.15, 0.2) is 0 Å². The minimum Gasteiger partial charge on any atom is -0.488 e. The van der Waals surface area contributed by atoms with Gasteiger partial charge < -0.3 is 10.1 Å². The summed E-state index contributed by atoms with van der Waals surface area (Å²) in [5.74, 6) is 1.84. The SMILES string of the molecule is CNc1ccc(COc2c(C)cc(C)cc2C)cn1. The van der Waals surface area contributed by atoms with Crippen LogP contribution in [0, 0.1) is 20.8 Å². The average Bonchev–Trinajstić information content (AvgIpc) is 2.38. The van der Waals surface area contributed by atoms with E-state index >= 15 is 0 Å². The van der Waals surface area contributed by atoms with Crippen molar-refractivity contribution in [2.45, 2.75) is 27.4 Å². The van der Waals surface area contributed by atoms with Crippen LogP contribution in [0.5, 0.6) is 5.75 Å². The van der Waals surface area contributed by atoms with Gasteiger partial charge in [0.2, 0.25) is 0 Å². The lowest BCUT2D eigenvalue weighted by Crippen LogP contribution is -2.01. The maximum Gasteiger partial charge on any atom is 0.125 e. The Morgan fingerprint density at radius 3 is 2.32 bits per heavy atom. The van der Waals surface area contributed by atoms with Crippen molar-refractivity contribution >= 4 is 5.82 Å². The van der Waals surface area contributed by atoms with Gasteiger partial charge in [-0.15, -0.1) is 0 Å². The van der Waals surface area contributed by atoms with Crippen LogP contribution in [0.1, 0.15) is 22.3 Å². The number of pyridine rings is 1. The van der Waals surface area contributed by atoms with Gasteiger partial charge in [0.1, 0.15) is 18.2 Å². The first kappa shape index (κ1) is 13.4. The summed E-state index contributed by atoms with van der Waals surface area (Å²) in [6, 6.07) is 8.26. The number of aryl methyl sites for hydroxylation is 3. The van der Waals surface area contributed by atoms with Gasteiger partial charge >= 0.3 is 0 Å². The van der Waals surface area contributed by atoms with Crippen molar-refractivity contribution in [1.82, 2.24) is 4.98 Å². The summed E-state index contributed by atoms with van der Waals surface area (Å²) in [6.45, 7) is 6.81. The Balaban J connectivity index is 2.10. The second-order valence-electron chi connectivity index (χ2n) is 4.82. The number of nitrogens with one attached hydrogen (secondary N) is 1. The van der Waals surface area contributed by atoms with Gasteiger partial charge in [-0.05, 0) is 38.0 Å². The highest BCUT2D eigenvalue weighted by atomic mass is 16.5. The Bertz CT molecular complexity index is 538. The molecule has 0 saturated carbocycles. The summed E-state index contributed by atoms with van der Waals surface area (Å²) in [5, 5.41) is 3.00. The highest BCUT2D eigenvalue weighted by Crippen LogP contribution is 2.25. The number of aromatic nitrogens is 1. The highest BCUT2D eigenvalue weighted by Gasteiger charge is 2.05. The van der Waals surface area contributed by atoms with Crippen molar-refractivity contribution in [2.75, 3.05) is 12.4 Å². The molecule has 0 radical (unpaired) electrons. The number of anilines is 1. The molecule has 1 heterocycles. The van der Waals surface area contributed by atoms with Gasteiger partial charge in [0.25, 0.3) is 0 Å². The fourth-order valence-electron chi connectivity index (χ4n) is 2.21. The van der Waals surface area contributed by atoms with Crippen molar-refractivity contribution < 1.29 is 4.74 Å². The zero-order valence-corrected chi connectivity index (χ0v) is 11.9. The summed E-state index contributed by atoms with van der Waals surface area (Å²) in [4.78, 5) is 4.28. The molecular weight excluding hydrogens is 236 g/mol. The highest BCUT2D eigenvalue weighted by molar-refractivity contribution is 5.43. The summed E-state index contributed by atoms with van der Waals surface area (Å²) in [5.41, 5.74) is 4.69. The zero-order chi connectivity index (χ0) is 13.8. The van der Waals surface area contributed by atoms with Gasteiger partial charge in [-0.25, -0.2) is 4.98 Å². The minimum absolute atomic E-state index is 0.543. The van der Waals surface area contributed by atoms with Crippen LogP contribution >= 0.6 is 0 Å². The van der Waals surface area contributed by atoms with Crippen LogP contribution in [0.2, 0.25) is 0 Å². The van der Waals surface area contributed by atoms with Crippen LogP contribution in [-0.2, 0) is 6.61 Å². The van der Waals surface area contributed by atoms with E-state index in [-0.39, 0.29) is 0 Å². The lowest BCUT2D eigenvalue weighted by molar-refractivity contribution is 0.301. The quantitative estimate of drug-likeness (QED) is 0.907. The molecule has 0 aliphatic rings. The topological polar surface area (TPSA) is 34.1 Å². The molecule has 0 aliphatic carbocycles. The molecule has 100 valence electrons. The molecule has 1 aromatic heterocycles. The van der Waals surface area contributed by atoms with Crippen molar-refractivity contribution in [1.29, 1.82) is 0 Å². The summed E-state index contributed by atoms with van der Waals surface area (Å²) < 4.78 is 5.92. The summed E-state index contributed by atoms with van der Waals surface area (Å²) in [7, 11) is 1.86. The zero-order valence-electron chi connectivity index (χ0n) is 11.9. The Hall–Kier alpha value is -2.03. The van der Waals surface area contributed by atoms with Gasteiger partial charge in [0.05, 0.1) is 0 Å². The minimum atomic E-state index is 0.543. The van der Waals surface area contributed by atoms with E-state index in [1.807, 2.05) is 25.4 Å². The molecule has 0 unspecified atom stereocenters. The van der Waals surface area contributed by atoms with Gasteiger partial charge in [0, 0.05) is 18.8 Å². The Kier molecular flexibility index (Phi) is 4.05. The number of ether oxygens (including phenoxy) is 1. The van der Waals surface area contributed by atoms with E-state index in [2.05, 4.69) is 43.2 Å². The maximum atomic E-state index is 5.92. The van der Waals surface area contributed by atoms with Crippen LogP contribution in [0.4, 0.5) is 5.82 Å². The van der Waals surface area contributed by atoms with Crippen LogP contribution in [0.25, 0.3) is 0 Å². The molecule has 3 nitrogen and oxygen atoms in total. The molecule has 3 heteroatoms. The lowest BCUT2D eigenvalue weighted by atomic mass is 10.1. The lowest BCUT2D eigenvalue weighted by Gasteiger charge is -2.13. The van der Waals surface area contributed by atoms with E-state index in [1.54, 1.807) is 0 Å². The van der Waals surface area contributed by atoms with Crippen molar-refractivity contribution in [3.63, 3.8) is 0 Å². The first-order valence-electron chi connectivity index (χ1n) is 6.43. The fraction of sp³-hybridized carbons (Fsp3) is 0.312. The first-order valence-corrected chi connectivity index (χ1v) is 6.43. The second kappa shape index (κ2) is 5.74. The first-order chi connectivity index (χ1) is 9.10. The Morgan fingerprint density at radius 2 is 1.79 bits per heavy atom. The number of nitrogens with zero attached hydrogens (tertiary/aromatic N) is 1. The van der Waals surface area contributed by atoms with E-state index in [0.717, 1.165) is 17.1 Å². The molecule has 2 aromatic rings. The molecule has 0 fully saturated rings. The van der Waals surface area contributed by atoms with Crippen LogP contribution < -0.4 is 10.1 Å². The second-order valence-corrected chi connectivity index (χ2v) is 4.82. The third-order valence-corrected chi connectivity index (χ3v) is 3.07. The predicted octanol–water partition coefficient (Wildman–Crippen LogP) is 3.63. The Morgan fingerprint density at radius 1 is 1.11 bits per heavy atom. The molecular formula is C16H20N2O. The molecule has 0 aliphatic heterocycles. The number of hydrogen-bond acceptors (Lipinski definition) is 3. The number of hydrogen-bond donors (Lipinski definition) is 1. The van der Waals surface area contributed by atoms with Gasteiger partial charge in [-0.1, -0.05) is 23.8 Å². The van der Waals surface area contributed by atoms with Crippen LogP contribution in [-0.4, -0.2) is 12.0 Å². The Labute approximate surface area is 114 Å². The molecule has 1 N–H and O–H groups in total. The van der Waals surface area contributed by atoms with E-state index in [1.165, 1.54) is 16.7 Å². The van der Waals surface area contributed by atoms with Gasteiger partial charge in [-0.2, -0.15) is 0 Å². The molecule has 0 bridgehead atoms. The molecule has 19 heavy (non-hydrogen) atoms. The smallest absolute Gasteiger partial charge is 0.125 e. The normalized spacial score (nSPS) is 10.3. The standard InChI is InChI=1S/C16H20N2O/c1-11-7-12(2)16(13(3)8-11)19-10-14-5-6-15(17-4)18-9-14/h5-9H,10H2,1-4H3,(H,17,18). The van der Waals surface area contributed by atoms with Crippen LogP contribution in [0.15, 0.2) is 30.5 Å².